The number of halogens is 3. The standard InChI is InChI=1S/C26H31F3N6O2S/c1-38(36,37)24-22(26(27,28)29)10-9-21(23(24)25-31-33-34-32-25)19-7-5-17(6-8-19)18-11-14-35(15-12-18)16-20-4-2-3-13-30-20/h5-10,18,20,30H,2-4,11-16H2,1H3,(H,31,32,33,34). The zero-order valence-electron chi connectivity index (χ0n) is 21.1. The van der Waals surface area contributed by atoms with Crippen LogP contribution in [-0.4, -0.2) is 72.4 Å². The van der Waals surface area contributed by atoms with E-state index in [0.717, 1.165) is 51.3 Å². The van der Waals surface area contributed by atoms with Crippen LogP contribution in [0.1, 0.15) is 49.1 Å². The van der Waals surface area contributed by atoms with Crippen LogP contribution in [0.5, 0.6) is 0 Å². The van der Waals surface area contributed by atoms with Gasteiger partial charge >= 0.3 is 6.18 Å². The minimum atomic E-state index is -4.87. The molecule has 2 fully saturated rings. The molecule has 12 heteroatoms. The summed E-state index contributed by atoms with van der Waals surface area (Å²) in [5.74, 6) is 0.186. The van der Waals surface area contributed by atoms with Gasteiger partial charge in [0, 0.05) is 18.8 Å². The van der Waals surface area contributed by atoms with Gasteiger partial charge < -0.3 is 10.2 Å². The summed E-state index contributed by atoms with van der Waals surface area (Å²) in [7, 11) is -4.30. The highest BCUT2D eigenvalue weighted by molar-refractivity contribution is 7.91. The first-order valence-electron chi connectivity index (χ1n) is 12.9. The Bertz CT molecular complexity index is 1350. The molecule has 2 aliphatic rings. The van der Waals surface area contributed by atoms with Gasteiger partial charge in [-0.3, -0.25) is 0 Å². The summed E-state index contributed by atoms with van der Waals surface area (Å²) < 4.78 is 66.7. The number of nitrogens with one attached hydrogen (secondary N) is 2. The Morgan fingerprint density at radius 3 is 2.34 bits per heavy atom. The molecular formula is C26H31F3N6O2S. The van der Waals surface area contributed by atoms with Gasteiger partial charge in [0.25, 0.3) is 0 Å². The minimum Gasteiger partial charge on any atom is -0.313 e. The van der Waals surface area contributed by atoms with Crippen LogP contribution in [0.15, 0.2) is 41.3 Å². The number of rotatable bonds is 6. The van der Waals surface area contributed by atoms with Gasteiger partial charge in [0.15, 0.2) is 9.84 Å². The van der Waals surface area contributed by atoms with Gasteiger partial charge in [-0.15, -0.1) is 10.2 Å². The third-order valence-corrected chi connectivity index (χ3v) is 8.74. The SMILES string of the molecule is CS(=O)(=O)c1c(C(F)(F)F)ccc(-c2ccc(C3CCN(CC4CCCCN4)CC3)cc2)c1-c1nn[nH]n1. The third kappa shape index (κ3) is 5.76. The molecule has 3 aromatic rings. The summed E-state index contributed by atoms with van der Waals surface area (Å²) in [6, 6.07) is 10.3. The molecule has 0 spiro atoms. The molecule has 2 N–H and O–H groups in total. The van der Waals surface area contributed by atoms with Crippen LogP contribution in [0.4, 0.5) is 13.2 Å². The Morgan fingerprint density at radius 1 is 1.03 bits per heavy atom. The monoisotopic (exact) mass is 548 g/mol. The molecular weight excluding hydrogens is 517 g/mol. The van der Waals surface area contributed by atoms with Crippen molar-refractivity contribution < 1.29 is 21.6 Å². The lowest BCUT2D eigenvalue weighted by molar-refractivity contribution is -0.139. The average molecular weight is 549 g/mol. The van der Waals surface area contributed by atoms with Crippen molar-refractivity contribution in [1.29, 1.82) is 0 Å². The van der Waals surface area contributed by atoms with Crippen molar-refractivity contribution in [3.8, 4) is 22.5 Å². The molecule has 0 bridgehead atoms. The number of sulfone groups is 1. The molecule has 0 saturated carbocycles. The number of aromatic nitrogens is 4. The van der Waals surface area contributed by atoms with Crippen molar-refractivity contribution in [2.24, 2.45) is 0 Å². The van der Waals surface area contributed by atoms with Crippen molar-refractivity contribution in [3.05, 3.63) is 47.5 Å². The van der Waals surface area contributed by atoms with Gasteiger partial charge in [0.05, 0.1) is 16.0 Å². The third-order valence-electron chi connectivity index (χ3n) is 7.57. The fraction of sp³-hybridized carbons (Fsp3) is 0.500. The lowest BCUT2D eigenvalue weighted by Gasteiger charge is -2.36. The van der Waals surface area contributed by atoms with Crippen molar-refractivity contribution >= 4 is 9.84 Å². The fourth-order valence-electron chi connectivity index (χ4n) is 5.70. The Morgan fingerprint density at radius 2 is 1.76 bits per heavy atom. The molecule has 5 rings (SSSR count). The topological polar surface area (TPSA) is 104 Å². The molecule has 1 aromatic heterocycles. The lowest BCUT2D eigenvalue weighted by atomic mass is 9.87. The molecule has 0 radical (unpaired) electrons. The maximum atomic E-state index is 13.8. The van der Waals surface area contributed by atoms with E-state index in [-0.39, 0.29) is 11.4 Å². The number of benzene rings is 2. The van der Waals surface area contributed by atoms with E-state index < -0.39 is 26.5 Å². The fourth-order valence-corrected chi connectivity index (χ4v) is 6.85. The molecule has 2 aromatic carbocycles. The Hall–Kier alpha value is -2.83. The van der Waals surface area contributed by atoms with Gasteiger partial charge in [-0.25, -0.2) is 8.42 Å². The highest BCUT2D eigenvalue weighted by Gasteiger charge is 2.39. The molecule has 2 saturated heterocycles. The molecule has 1 atom stereocenters. The van der Waals surface area contributed by atoms with Gasteiger partial charge in [-0.1, -0.05) is 36.8 Å². The normalized spacial score (nSPS) is 20.1. The zero-order valence-corrected chi connectivity index (χ0v) is 21.9. The summed E-state index contributed by atoms with van der Waals surface area (Å²) in [5.41, 5.74) is 0.568. The molecule has 8 nitrogen and oxygen atoms in total. The number of likely N-dealkylation sites (tertiary alicyclic amines) is 1. The summed E-state index contributed by atoms with van der Waals surface area (Å²) in [4.78, 5) is 1.67. The van der Waals surface area contributed by atoms with Crippen LogP contribution < -0.4 is 5.32 Å². The molecule has 2 aliphatic heterocycles. The van der Waals surface area contributed by atoms with Crippen LogP contribution >= 0.6 is 0 Å². The van der Waals surface area contributed by atoms with E-state index in [2.05, 4.69) is 30.8 Å². The number of hydrogen-bond donors (Lipinski definition) is 2. The van der Waals surface area contributed by atoms with Crippen molar-refractivity contribution in [3.63, 3.8) is 0 Å². The van der Waals surface area contributed by atoms with E-state index in [4.69, 9.17) is 0 Å². The quantitative estimate of drug-likeness (QED) is 0.474. The highest BCUT2D eigenvalue weighted by atomic mass is 32.2. The number of tetrazole rings is 1. The molecule has 3 heterocycles. The number of alkyl halides is 3. The molecule has 1 unspecified atom stereocenters. The van der Waals surface area contributed by atoms with Crippen LogP contribution in [0.3, 0.4) is 0 Å². The molecule has 0 aliphatic carbocycles. The maximum Gasteiger partial charge on any atom is 0.417 e. The van der Waals surface area contributed by atoms with E-state index in [1.54, 1.807) is 0 Å². The number of aromatic amines is 1. The van der Waals surface area contributed by atoms with Gasteiger partial charge in [-0.2, -0.15) is 18.4 Å². The van der Waals surface area contributed by atoms with E-state index in [1.807, 2.05) is 24.3 Å². The van der Waals surface area contributed by atoms with E-state index in [1.165, 1.54) is 30.9 Å². The minimum absolute atomic E-state index is 0.213. The van der Waals surface area contributed by atoms with Crippen LogP contribution in [0, 0.1) is 0 Å². The number of nitrogens with zero attached hydrogens (tertiary/aromatic N) is 4. The second-order valence-electron chi connectivity index (χ2n) is 10.2. The second-order valence-corrected chi connectivity index (χ2v) is 12.2. The first-order valence-corrected chi connectivity index (χ1v) is 14.7. The van der Waals surface area contributed by atoms with Gasteiger partial charge in [0.2, 0.25) is 5.82 Å². The first kappa shape index (κ1) is 26.8. The lowest BCUT2D eigenvalue weighted by Crippen LogP contribution is -2.45. The van der Waals surface area contributed by atoms with E-state index >= 15 is 0 Å². The molecule has 204 valence electrons. The smallest absolute Gasteiger partial charge is 0.313 e. The summed E-state index contributed by atoms with van der Waals surface area (Å²) in [5, 5.41) is 16.9. The number of piperidine rings is 2. The summed E-state index contributed by atoms with van der Waals surface area (Å²) >= 11 is 0. The molecule has 0 amide bonds. The van der Waals surface area contributed by atoms with Crippen molar-refractivity contribution in [2.75, 3.05) is 32.4 Å². The highest BCUT2D eigenvalue weighted by Crippen LogP contribution is 2.43. The molecule has 38 heavy (non-hydrogen) atoms. The number of hydrogen-bond acceptors (Lipinski definition) is 7. The van der Waals surface area contributed by atoms with Crippen molar-refractivity contribution in [1.82, 2.24) is 30.8 Å². The second kappa shape index (κ2) is 10.7. The Kier molecular flexibility index (Phi) is 7.56. The first-order chi connectivity index (χ1) is 18.1. The van der Waals surface area contributed by atoms with E-state index in [0.29, 0.717) is 23.1 Å². The Labute approximate surface area is 219 Å². The summed E-state index contributed by atoms with van der Waals surface area (Å²) in [6.07, 6.45) is 1.74. The van der Waals surface area contributed by atoms with E-state index in [9.17, 15) is 21.6 Å². The van der Waals surface area contributed by atoms with Crippen LogP contribution in [-0.2, 0) is 16.0 Å². The largest absolute Gasteiger partial charge is 0.417 e. The number of H-pyrrole nitrogens is 1. The Balaban J connectivity index is 1.41. The summed E-state index contributed by atoms with van der Waals surface area (Å²) in [6.45, 7) is 4.25. The maximum absolute atomic E-state index is 13.8. The van der Waals surface area contributed by atoms with Crippen molar-refractivity contribution in [2.45, 2.75) is 55.1 Å². The van der Waals surface area contributed by atoms with Gasteiger partial charge in [0.1, 0.15) is 0 Å². The van der Waals surface area contributed by atoms with Crippen LogP contribution in [0.2, 0.25) is 0 Å². The zero-order chi connectivity index (χ0) is 26.9. The van der Waals surface area contributed by atoms with Gasteiger partial charge in [-0.05, 0) is 79.2 Å². The predicted molar refractivity (Wildman–Crippen MR) is 137 cm³/mol. The average Bonchev–Trinajstić information content (AvgIpc) is 3.43. The predicted octanol–water partition coefficient (Wildman–Crippen LogP) is 4.28. The van der Waals surface area contributed by atoms with Crippen LogP contribution in [0.25, 0.3) is 22.5 Å².